The van der Waals surface area contributed by atoms with Gasteiger partial charge in [-0.3, -0.25) is 9.59 Å². The Morgan fingerprint density at radius 3 is 2.53 bits per heavy atom. The molecule has 0 fully saturated rings. The van der Waals surface area contributed by atoms with Gasteiger partial charge in [-0.05, 0) is 32.9 Å². The van der Waals surface area contributed by atoms with Gasteiger partial charge in [0.05, 0.1) is 7.11 Å². The fourth-order valence-corrected chi connectivity index (χ4v) is 1.86. The number of carbonyl (C=O) groups is 2. The first-order valence-corrected chi connectivity index (χ1v) is 6.25. The molecule has 0 aromatic carbocycles. The van der Waals surface area contributed by atoms with Gasteiger partial charge in [0, 0.05) is 17.3 Å². The second-order valence-electron chi connectivity index (χ2n) is 4.42. The summed E-state index contributed by atoms with van der Waals surface area (Å²) in [6, 6.07) is 3.00. The fourth-order valence-electron chi connectivity index (χ4n) is 1.61. The Labute approximate surface area is 117 Å². The maximum absolute atomic E-state index is 12.4. The number of methoxy groups -OCH3 is 1. The highest BCUT2D eigenvalue weighted by molar-refractivity contribution is 6.29. The number of carbonyl (C=O) groups excluding carboxylic acids is 2. The zero-order chi connectivity index (χ0) is 14.6. The highest BCUT2D eigenvalue weighted by Crippen LogP contribution is 2.14. The summed E-state index contributed by atoms with van der Waals surface area (Å²) in [6.07, 6.45) is 0. The first-order chi connectivity index (χ1) is 8.85. The zero-order valence-electron chi connectivity index (χ0n) is 11.4. The summed E-state index contributed by atoms with van der Waals surface area (Å²) in [4.78, 5) is 29.1. The summed E-state index contributed by atoms with van der Waals surface area (Å²) in [6.45, 7) is 5.32. The molecule has 0 saturated carbocycles. The predicted octanol–water partition coefficient (Wildman–Crippen LogP) is 2.07. The van der Waals surface area contributed by atoms with Gasteiger partial charge in [0.25, 0.3) is 5.91 Å². The second-order valence-corrected chi connectivity index (χ2v) is 4.81. The maximum Gasteiger partial charge on any atom is 0.325 e. The maximum atomic E-state index is 12.4. The number of esters is 1. The van der Waals surface area contributed by atoms with E-state index in [1.54, 1.807) is 13.0 Å². The average Bonchev–Trinajstić information content (AvgIpc) is 2.33. The number of hydrogen-bond donors (Lipinski definition) is 0. The molecule has 0 saturated heterocycles. The van der Waals surface area contributed by atoms with Crippen LogP contribution in [0.5, 0.6) is 0 Å². The van der Waals surface area contributed by atoms with E-state index in [9.17, 15) is 9.59 Å². The summed E-state index contributed by atoms with van der Waals surface area (Å²) in [5.41, 5.74) is 1.06. The van der Waals surface area contributed by atoms with Crippen molar-refractivity contribution in [2.75, 3.05) is 13.7 Å². The fraction of sp³-hybridized carbons (Fsp3) is 0.462. The van der Waals surface area contributed by atoms with Crippen molar-refractivity contribution in [3.05, 3.63) is 28.5 Å². The number of halogens is 1. The van der Waals surface area contributed by atoms with E-state index in [-0.39, 0.29) is 23.6 Å². The molecule has 1 aromatic heterocycles. The molecular weight excluding hydrogens is 268 g/mol. The van der Waals surface area contributed by atoms with Crippen molar-refractivity contribution >= 4 is 23.5 Å². The molecule has 0 aliphatic carbocycles. The molecule has 0 aliphatic rings. The van der Waals surface area contributed by atoms with Crippen molar-refractivity contribution in [2.45, 2.75) is 26.8 Å². The van der Waals surface area contributed by atoms with Crippen molar-refractivity contribution in [3.8, 4) is 0 Å². The van der Waals surface area contributed by atoms with Gasteiger partial charge in [0.2, 0.25) is 0 Å². The third kappa shape index (κ3) is 4.21. The molecule has 5 nitrogen and oxygen atoms in total. The Kier molecular flexibility index (Phi) is 5.30. The van der Waals surface area contributed by atoms with E-state index in [1.165, 1.54) is 18.1 Å². The van der Waals surface area contributed by atoms with E-state index in [4.69, 9.17) is 11.6 Å². The molecule has 6 heteroatoms. The predicted molar refractivity (Wildman–Crippen MR) is 72.2 cm³/mol. The van der Waals surface area contributed by atoms with E-state index < -0.39 is 5.97 Å². The normalized spacial score (nSPS) is 10.4. The minimum atomic E-state index is -0.459. The smallest absolute Gasteiger partial charge is 0.325 e. The summed E-state index contributed by atoms with van der Waals surface area (Å²) >= 11 is 5.84. The molecular formula is C13H17ClN2O3. The van der Waals surface area contributed by atoms with Crippen LogP contribution in [0.2, 0.25) is 5.15 Å². The zero-order valence-corrected chi connectivity index (χ0v) is 12.2. The lowest BCUT2D eigenvalue weighted by Crippen LogP contribution is -2.41. The Balaban J connectivity index is 3.02. The van der Waals surface area contributed by atoms with Crippen LogP contribution >= 0.6 is 11.6 Å². The van der Waals surface area contributed by atoms with Gasteiger partial charge in [-0.15, -0.1) is 0 Å². The van der Waals surface area contributed by atoms with E-state index in [1.807, 2.05) is 13.8 Å². The van der Waals surface area contributed by atoms with Crippen LogP contribution in [0.1, 0.15) is 29.9 Å². The van der Waals surface area contributed by atoms with Crippen molar-refractivity contribution in [3.63, 3.8) is 0 Å². The third-order valence-electron chi connectivity index (χ3n) is 2.58. The lowest BCUT2D eigenvalue weighted by atomic mass is 10.2. The number of pyridine rings is 1. The standard InChI is InChI=1S/C13H17ClN2O3/c1-8(2)16(7-12(17)19-4)13(18)10-5-9(3)15-11(14)6-10/h5-6,8H,7H2,1-4H3. The number of aromatic nitrogens is 1. The second kappa shape index (κ2) is 6.52. The van der Waals surface area contributed by atoms with Gasteiger partial charge in [0.1, 0.15) is 11.7 Å². The Hall–Kier alpha value is -1.62. The highest BCUT2D eigenvalue weighted by Gasteiger charge is 2.22. The number of amides is 1. The Bertz CT molecular complexity index is 469. The SMILES string of the molecule is COC(=O)CN(C(=O)c1cc(C)nc(Cl)c1)C(C)C. The van der Waals surface area contributed by atoms with Crippen molar-refractivity contribution in [1.82, 2.24) is 9.88 Å². The molecule has 1 heterocycles. The quantitative estimate of drug-likeness (QED) is 0.627. The monoisotopic (exact) mass is 284 g/mol. The number of aryl methyl sites for hydroxylation is 1. The van der Waals surface area contributed by atoms with Crippen LogP contribution in [-0.4, -0.2) is 41.5 Å². The summed E-state index contributed by atoms with van der Waals surface area (Å²) in [5.74, 6) is -0.730. The first-order valence-electron chi connectivity index (χ1n) is 5.87. The van der Waals surface area contributed by atoms with Gasteiger partial charge < -0.3 is 9.64 Å². The third-order valence-corrected chi connectivity index (χ3v) is 2.77. The average molecular weight is 285 g/mol. The van der Waals surface area contributed by atoms with Crippen LogP contribution in [0.25, 0.3) is 0 Å². The van der Waals surface area contributed by atoms with Crippen LogP contribution in [0.3, 0.4) is 0 Å². The van der Waals surface area contributed by atoms with E-state index in [0.717, 1.165) is 0 Å². The minimum absolute atomic E-state index is 0.0913. The summed E-state index contributed by atoms with van der Waals surface area (Å²) < 4.78 is 4.59. The molecule has 0 bridgehead atoms. The van der Waals surface area contributed by atoms with Gasteiger partial charge in [-0.1, -0.05) is 11.6 Å². The van der Waals surface area contributed by atoms with E-state index >= 15 is 0 Å². The Morgan fingerprint density at radius 1 is 1.42 bits per heavy atom. The first kappa shape index (κ1) is 15.4. The molecule has 1 amide bonds. The van der Waals surface area contributed by atoms with Gasteiger partial charge in [0.15, 0.2) is 0 Å². The number of nitrogens with zero attached hydrogens (tertiary/aromatic N) is 2. The van der Waals surface area contributed by atoms with Crippen molar-refractivity contribution < 1.29 is 14.3 Å². The molecule has 0 aliphatic heterocycles. The number of rotatable bonds is 4. The molecule has 0 spiro atoms. The van der Waals surface area contributed by atoms with Gasteiger partial charge >= 0.3 is 5.97 Å². The lowest BCUT2D eigenvalue weighted by molar-refractivity contribution is -0.141. The molecule has 104 valence electrons. The van der Waals surface area contributed by atoms with E-state index in [2.05, 4.69) is 9.72 Å². The lowest BCUT2D eigenvalue weighted by Gasteiger charge is -2.25. The van der Waals surface area contributed by atoms with Crippen LogP contribution < -0.4 is 0 Å². The topological polar surface area (TPSA) is 59.5 Å². The largest absolute Gasteiger partial charge is 0.468 e. The molecule has 1 rings (SSSR count). The molecule has 0 unspecified atom stereocenters. The number of hydrogen-bond acceptors (Lipinski definition) is 4. The van der Waals surface area contributed by atoms with Crippen LogP contribution in [0, 0.1) is 6.92 Å². The summed E-state index contributed by atoms with van der Waals surface area (Å²) in [5, 5.41) is 0.255. The van der Waals surface area contributed by atoms with Crippen LogP contribution in [-0.2, 0) is 9.53 Å². The number of ether oxygens (including phenoxy) is 1. The van der Waals surface area contributed by atoms with Crippen LogP contribution in [0.4, 0.5) is 0 Å². The van der Waals surface area contributed by atoms with E-state index in [0.29, 0.717) is 11.3 Å². The van der Waals surface area contributed by atoms with Gasteiger partial charge in [-0.25, -0.2) is 4.98 Å². The molecule has 0 radical (unpaired) electrons. The molecule has 1 aromatic rings. The van der Waals surface area contributed by atoms with Crippen LogP contribution in [0.15, 0.2) is 12.1 Å². The van der Waals surface area contributed by atoms with Crippen molar-refractivity contribution in [2.24, 2.45) is 0 Å². The van der Waals surface area contributed by atoms with Crippen molar-refractivity contribution in [1.29, 1.82) is 0 Å². The highest BCUT2D eigenvalue weighted by atomic mass is 35.5. The Morgan fingerprint density at radius 2 is 2.05 bits per heavy atom. The minimum Gasteiger partial charge on any atom is -0.468 e. The molecule has 19 heavy (non-hydrogen) atoms. The van der Waals surface area contributed by atoms with Gasteiger partial charge in [-0.2, -0.15) is 0 Å². The molecule has 0 atom stereocenters. The molecule has 0 N–H and O–H groups in total. The summed E-state index contributed by atoms with van der Waals surface area (Å²) in [7, 11) is 1.29.